The third kappa shape index (κ3) is 13.8. The zero-order valence-corrected chi connectivity index (χ0v) is 35.8. The Morgan fingerprint density at radius 3 is 1.80 bits per heavy atom. The first-order valence-electron chi connectivity index (χ1n) is 21.2. The molecule has 0 amide bonds. The van der Waals surface area contributed by atoms with Gasteiger partial charge in [-0.2, -0.15) is 8.42 Å². The second kappa shape index (κ2) is 23.5. The summed E-state index contributed by atoms with van der Waals surface area (Å²) in [6, 6.07) is 44.7. The van der Waals surface area contributed by atoms with Crippen LogP contribution < -0.4 is 0 Å². The minimum Gasteiger partial charge on any atom is -0.377 e. The summed E-state index contributed by atoms with van der Waals surface area (Å²) >= 11 is 0. The van der Waals surface area contributed by atoms with Gasteiger partial charge in [0.25, 0.3) is 10.1 Å². The fourth-order valence-electron chi connectivity index (χ4n) is 7.32. The molecular formula is C51H60O8S. The van der Waals surface area contributed by atoms with Gasteiger partial charge in [0.15, 0.2) is 0 Å². The average molecular weight is 833 g/mol. The van der Waals surface area contributed by atoms with Crippen LogP contribution in [0.25, 0.3) is 0 Å². The van der Waals surface area contributed by atoms with E-state index in [4.69, 9.17) is 27.9 Å². The van der Waals surface area contributed by atoms with Crippen LogP contribution in [0.15, 0.2) is 146 Å². The number of ether oxygens (including phenoxy) is 5. The first kappa shape index (κ1) is 45.1. The second-order valence-electron chi connectivity index (χ2n) is 15.4. The van der Waals surface area contributed by atoms with Crippen LogP contribution in [0.4, 0.5) is 0 Å². The average Bonchev–Trinajstić information content (AvgIpc) is 3.27. The minimum atomic E-state index is -4.01. The van der Waals surface area contributed by atoms with Crippen molar-refractivity contribution in [2.24, 2.45) is 0 Å². The Balaban J connectivity index is 1.34. The molecule has 1 heterocycles. The molecule has 0 aliphatic carbocycles. The molecule has 5 aromatic carbocycles. The van der Waals surface area contributed by atoms with Crippen molar-refractivity contribution in [2.75, 3.05) is 19.0 Å². The van der Waals surface area contributed by atoms with Crippen molar-refractivity contribution in [1.82, 2.24) is 0 Å². The lowest BCUT2D eigenvalue weighted by atomic mass is 9.90. The van der Waals surface area contributed by atoms with Gasteiger partial charge in [0.05, 0.1) is 32.2 Å². The first-order chi connectivity index (χ1) is 29.3. The molecule has 0 spiro atoms. The minimum absolute atomic E-state index is 0.138. The Hall–Kier alpha value is -4.45. The monoisotopic (exact) mass is 832 g/mol. The second-order valence-corrected chi connectivity index (χ2v) is 17.1. The lowest BCUT2D eigenvalue weighted by molar-refractivity contribution is -0.305. The van der Waals surface area contributed by atoms with E-state index in [0.717, 1.165) is 59.3 Å². The van der Waals surface area contributed by atoms with E-state index in [9.17, 15) is 8.42 Å². The number of rotatable bonds is 24. The Morgan fingerprint density at radius 1 is 0.650 bits per heavy atom. The highest BCUT2D eigenvalue weighted by atomic mass is 32.2. The maximum absolute atomic E-state index is 13.6. The first-order valence-corrected chi connectivity index (χ1v) is 22.8. The van der Waals surface area contributed by atoms with Crippen molar-refractivity contribution < 1.29 is 36.3 Å². The highest BCUT2D eigenvalue weighted by molar-refractivity contribution is 7.86. The van der Waals surface area contributed by atoms with Crippen LogP contribution in [0.5, 0.6) is 0 Å². The number of aryl methyl sites for hydroxylation is 2. The van der Waals surface area contributed by atoms with E-state index in [1.165, 1.54) is 11.1 Å². The molecule has 60 heavy (non-hydrogen) atoms. The molecule has 0 radical (unpaired) electrons. The summed E-state index contributed by atoms with van der Waals surface area (Å²) < 4.78 is 66.0. The van der Waals surface area contributed by atoms with Crippen molar-refractivity contribution in [3.8, 4) is 0 Å². The summed E-state index contributed by atoms with van der Waals surface area (Å²) in [4.78, 5) is 0. The normalized spacial score (nSPS) is 19.3. The van der Waals surface area contributed by atoms with Crippen molar-refractivity contribution in [3.05, 3.63) is 191 Å². The van der Waals surface area contributed by atoms with E-state index >= 15 is 0 Å². The molecule has 0 bridgehead atoms. The molecule has 5 aromatic rings. The van der Waals surface area contributed by atoms with E-state index in [-0.39, 0.29) is 25.6 Å². The molecule has 1 aliphatic heterocycles. The fourth-order valence-corrected chi connectivity index (χ4v) is 8.50. The van der Waals surface area contributed by atoms with E-state index in [1.54, 1.807) is 6.08 Å². The van der Waals surface area contributed by atoms with Gasteiger partial charge in [-0.15, -0.1) is 6.58 Å². The Morgan fingerprint density at radius 2 is 1.22 bits per heavy atom. The Labute approximate surface area is 357 Å². The molecule has 0 N–H and O–H groups in total. The van der Waals surface area contributed by atoms with Gasteiger partial charge in [-0.25, -0.2) is 4.18 Å². The Bertz CT molecular complexity index is 2110. The van der Waals surface area contributed by atoms with Crippen LogP contribution in [0.2, 0.25) is 0 Å². The molecule has 1 saturated heterocycles. The molecule has 0 aromatic heterocycles. The van der Waals surface area contributed by atoms with Crippen LogP contribution >= 0.6 is 0 Å². The molecule has 8 nitrogen and oxygen atoms in total. The molecule has 6 rings (SSSR count). The van der Waals surface area contributed by atoms with Gasteiger partial charge < -0.3 is 23.7 Å². The maximum Gasteiger partial charge on any atom is 0.269 e. The van der Waals surface area contributed by atoms with Crippen molar-refractivity contribution in [2.45, 2.75) is 103 Å². The van der Waals surface area contributed by atoms with Crippen LogP contribution in [0.1, 0.15) is 83.2 Å². The molecule has 1 fully saturated rings. The van der Waals surface area contributed by atoms with Gasteiger partial charge in [-0.05, 0) is 83.5 Å². The highest BCUT2D eigenvalue weighted by Crippen LogP contribution is 2.40. The predicted molar refractivity (Wildman–Crippen MR) is 237 cm³/mol. The van der Waals surface area contributed by atoms with Gasteiger partial charge in [0, 0.05) is 6.61 Å². The molecule has 0 saturated carbocycles. The van der Waals surface area contributed by atoms with Crippen molar-refractivity contribution >= 4 is 10.1 Å². The van der Waals surface area contributed by atoms with Gasteiger partial charge in [-0.3, -0.25) is 0 Å². The van der Waals surface area contributed by atoms with Gasteiger partial charge >= 0.3 is 0 Å². The largest absolute Gasteiger partial charge is 0.377 e. The summed E-state index contributed by atoms with van der Waals surface area (Å²) in [5.74, 6) is -0.138. The third-order valence-electron chi connectivity index (χ3n) is 10.7. The Kier molecular flexibility index (Phi) is 17.7. The number of unbranched alkanes of at least 4 members (excludes halogenated alkanes) is 2. The summed E-state index contributed by atoms with van der Waals surface area (Å²) in [5.41, 5.74) is 8.44. The van der Waals surface area contributed by atoms with Gasteiger partial charge in [-0.1, -0.05) is 153 Å². The molecular weight excluding hydrogens is 773 g/mol. The molecule has 1 aliphatic rings. The van der Waals surface area contributed by atoms with E-state index < -0.39 is 40.8 Å². The molecule has 5 atom stereocenters. The van der Waals surface area contributed by atoms with E-state index in [2.05, 4.69) is 49.9 Å². The fraction of sp³-hybridized carbons (Fsp3) is 0.373. The summed E-state index contributed by atoms with van der Waals surface area (Å²) in [6.07, 6.45) is 2.14. The lowest BCUT2D eigenvalue weighted by Crippen LogP contribution is -2.58. The molecule has 318 valence electrons. The maximum atomic E-state index is 13.6. The van der Waals surface area contributed by atoms with Crippen LogP contribution in [0.3, 0.4) is 0 Å². The number of benzene rings is 5. The zero-order valence-electron chi connectivity index (χ0n) is 35.0. The van der Waals surface area contributed by atoms with Crippen LogP contribution in [-0.2, 0) is 70.6 Å². The lowest BCUT2D eigenvalue weighted by Gasteiger charge is -2.45. The predicted octanol–water partition coefficient (Wildman–Crippen LogP) is 10.4. The number of hydrogen-bond donors (Lipinski definition) is 0. The SMILES string of the molecule is C=CCOCCCCc1ccc(Cc2cc([C@@H]3O[C@@H](OS(=O)(=O)CCCC)[C@@H](OCc4ccccc4)[C@H](OCc4ccccc4)[C@H]3OCc3ccccc3)ccc2C)cc1. The molecule has 0 unspecified atom stereocenters. The molecule has 9 heteroatoms. The summed E-state index contributed by atoms with van der Waals surface area (Å²) in [7, 11) is -4.01. The van der Waals surface area contributed by atoms with Crippen LogP contribution in [-0.4, -0.2) is 52.0 Å². The topological polar surface area (TPSA) is 89.5 Å². The number of hydrogen-bond acceptors (Lipinski definition) is 8. The quantitative estimate of drug-likeness (QED) is 0.0345. The van der Waals surface area contributed by atoms with Crippen LogP contribution in [0, 0.1) is 6.92 Å². The zero-order chi connectivity index (χ0) is 42.0. The summed E-state index contributed by atoms with van der Waals surface area (Å²) in [5, 5.41) is 0. The standard InChI is InChI=1S/C51H60O8S/c1-4-6-33-60(52,53)59-51-50(57-38-44-23-14-9-15-24-44)49(56-37-43-21-12-8-13-22-43)48(55-36-42-19-10-7-11-20-42)47(58-51)45-30-25-39(3)46(35-45)34-41-28-26-40(27-29-41)18-16-17-32-54-31-5-2/h5,7-15,19-30,35,47-51H,2,4,6,16-18,31-34,36-38H2,1,3H3/t47-,48-,49+,50-,51-/m0/s1. The van der Waals surface area contributed by atoms with E-state index in [1.807, 2.05) is 104 Å². The van der Waals surface area contributed by atoms with Crippen molar-refractivity contribution in [1.29, 1.82) is 0 Å². The summed E-state index contributed by atoms with van der Waals surface area (Å²) in [6.45, 7) is 9.79. The van der Waals surface area contributed by atoms with Gasteiger partial charge in [0.1, 0.15) is 24.4 Å². The van der Waals surface area contributed by atoms with E-state index in [0.29, 0.717) is 25.9 Å². The van der Waals surface area contributed by atoms with Crippen molar-refractivity contribution in [3.63, 3.8) is 0 Å². The third-order valence-corrected chi connectivity index (χ3v) is 12.0. The van der Waals surface area contributed by atoms with Gasteiger partial charge in [0.2, 0.25) is 6.29 Å². The highest BCUT2D eigenvalue weighted by Gasteiger charge is 2.51. The smallest absolute Gasteiger partial charge is 0.269 e.